The van der Waals surface area contributed by atoms with E-state index >= 15 is 0 Å². The molecule has 0 aliphatic carbocycles. The minimum absolute atomic E-state index is 0.0977. The molecular weight excluding hydrogens is 1050 g/mol. The van der Waals surface area contributed by atoms with E-state index in [2.05, 4.69) is 10.6 Å². The molecule has 4 unspecified atom stereocenters. The maximum Gasteiger partial charge on any atom is 0.412 e. The molecule has 3 aliphatic heterocycles. The summed E-state index contributed by atoms with van der Waals surface area (Å²) in [7, 11) is 0. The van der Waals surface area contributed by atoms with Crippen LogP contribution in [0.25, 0.3) is 11.1 Å². The van der Waals surface area contributed by atoms with Crippen molar-refractivity contribution in [1.29, 1.82) is 0 Å². The van der Waals surface area contributed by atoms with Gasteiger partial charge in [-0.1, -0.05) is 78.9 Å². The number of halogens is 3. The number of aliphatic hydroxyl groups excluding tert-OH is 6. The summed E-state index contributed by atoms with van der Waals surface area (Å²) in [5.41, 5.74) is 1.95. The highest BCUT2D eigenvalue weighted by molar-refractivity contribution is 8.00. The number of nitrogens with zero attached hydrogens (tertiary/aromatic N) is 1. The van der Waals surface area contributed by atoms with Crippen molar-refractivity contribution in [3.63, 3.8) is 0 Å². The molecule has 0 radical (unpaired) electrons. The first kappa shape index (κ1) is 55.5. The van der Waals surface area contributed by atoms with Crippen molar-refractivity contribution in [3.05, 3.63) is 174 Å². The Morgan fingerprint density at radius 3 is 1.96 bits per heavy atom. The number of β-lactam (4-membered cyclic amide) rings is 1. The molecule has 3 aliphatic rings. The van der Waals surface area contributed by atoms with E-state index in [1.54, 1.807) is 65.6 Å². The van der Waals surface area contributed by atoms with E-state index in [0.717, 1.165) is 12.1 Å². The highest BCUT2D eigenvalue weighted by atomic mass is 32.2. The number of para-hydroxylation sites is 3. The van der Waals surface area contributed by atoms with Crippen LogP contribution in [0, 0.1) is 17.5 Å². The van der Waals surface area contributed by atoms with Gasteiger partial charge < -0.3 is 69.1 Å². The largest absolute Gasteiger partial charge is 0.508 e. The Bertz CT molecular complexity index is 3060. The normalized spacial score (nSPS) is 26.3. The highest BCUT2D eigenvalue weighted by Gasteiger charge is 2.53. The molecule has 6 aromatic carbocycles. The number of aromatic hydroxyl groups is 1. The van der Waals surface area contributed by atoms with E-state index in [-0.39, 0.29) is 34.5 Å². The number of hydrogen-bond donors (Lipinski definition) is 9. The molecule has 410 valence electrons. The van der Waals surface area contributed by atoms with Crippen LogP contribution < -0.4 is 20.3 Å². The molecule has 3 saturated heterocycles. The number of benzene rings is 6. The zero-order valence-corrected chi connectivity index (χ0v) is 41.6. The Morgan fingerprint density at radius 2 is 1.29 bits per heavy atom. The van der Waals surface area contributed by atoms with Gasteiger partial charge in [-0.25, -0.2) is 22.8 Å². The molecule has 78 heavy (non-hydrogen) atoms. The lowest BCUT2D eigenvalue weighted by Gasteiger charge is -2.47. The number of thioether (sulfide) groups is 1. The summed E-state index contributed by atoms with van der Waals surface area (Å²) in [5, 5.41) is 82.1. The molecule has 6 aromatic rings. The number of carbonyl (C=O) groups excluding carboxylic acids is 3. The second kappa shape index (κ2) is 24.6. The zero-order valence-electron chi connectivity index (χ0n) is 40.8. The Morgan fingerprint density at radius 1 is 0.679 bits per heavy atom. The highest BCUT2D eigenvalue weighted by Crippen LogP contribution is 2.49. The molecule has 9 rings (SSSR count). The first-order chi connectivity index (χ1) is 37.6. The van der Waals surface area contributed by atoms with Gasteiger partial charge in [0.1, 0.15) is 83.5 Å². The van der Waals surface area contributed by atoms with Crippen LogP contribution in [0.15, 0.2) is 146 Å². The molecule has 19 nitrogen and oxygen atoms in total. The number of amides is 3. The van der Waals surface area contributed by atoms with Crippen molar-refractivity contribution in [2.75, 3.05) is 34.5 Å². The lowest BCUT2D eigenvalue weighted by atomic mass is 9.90. The lowest BCUT2D eigenvalue weighted by Crippen LogP contribution is -2.65. The monoisotopic (exact) mass is 1100 g/mol. The summed E-state index contributed by atoms with van der Waals surface area (Å²) < 4.78 is 76.3. The van der Waals surface area contributed by atoms with Crippen LogP contribution in [0.4, 0.5) is 39.8 Å². The van der Waals surface area contributed by atoms with Crippen molar-refractivity contribution in [1.82, 2.24) is 0 Å². The van der Waals surface area contributed by atoms with E-state index < -0.39 is 122 Å². The van der Waals surface area contributed by atoms with E-state index in [0.29, 0.717) is 27.9 Å². The molecule has 0 spiro atoms. The van der Waals surface area contributed by atoms with Crippen LogP contribution in [0.1, 0.15) is 23.3 Å². The predicted octanol–water partition coefficient (Wildman–Crippen LogP) is 5.92. The summed E-state index contributed by atoms with van der Waals surface area (Å²) in [6.07, 6.45) is -22.0. The topological polar surface area (TPSA) is 275 Å². The van der Waals surface area contributed by atoms with Gasteiger partial charge in [0, 0.05) is 17.0 Å². The van der Waals surface area contributed by atoms with Crippen LogP contribution in [-0.2, 0) is 28.5 Å². The summed E-state index contributed by atoms with van der Waals surface area (Å²) in [4.78, 5) is 41.0. The molecule has 0 saturated carbocycles. The molecule has 0 bridgehead atoms. The standard InChI is InChI=1S/C55H52F3N3O16S/c56-31-20-17-28(18-21-31)40(64)27-78-50-43(61(51(50)69)32-10-2-1-3-11-32)34-22-19-30(24-39(34)63)29-9-8-12-33(23-29)73-52-46(67)44(65)48(41(25-62)74-52)76-53-47(68)45(66)49(77-55(71)60-38-16-7-5-14-36(38)58)42(75-53)26-72-54(70)59-37-15-6-4-13-35(37)57/h1-24,40-50,52-53,62-68H,25-27H2,(H,59,70)(H,60,71)/t40-,41?,42?,43+,44+,45+,46?,47?,48+,49+,50+,52+,53-/m0/s1. The number of phenols is 1. The van der Waals surface area contributed by atoms with Gasteiger partial charge in [-0.3, -0.25) is 15.4 Å². The first-order valence-corrected chi connectivity index (χ1v) is 25.4. The number of aliphatic hydroxyl groups is 6. The molecular formula is C55H52F3N3O16S. The van der Waals surface area contributed by atoms with Gasteiger partial charge in [-0.15, -0.1) is 11.8 Å². The molecule has 0 aromatic heterocycles. The first-order valence-electron chi connectivity index (χ1n) is 24.3. The van der Waals surface area contributed by atoms with E-state index in [9.17, 15) is 63.3 Å². The van der Waals surface area contributed by atoms with Gasteiger partial charge in [0.25, 0.3) is 0 Å². The quantitative estimate of drug-likeness (QED) is 0.0480. The molecule has 9 N–H and O–H groups in total. The summed E-state index contributed by atoms with van der Waals surface area (Å²) in [6.45, 7) is -1.73. The fourth-order valence-electron chi connectivity index (χ4n) is 9.10. The van der Waals surface area contributed by atoms with Gasteiger partial charge in [0.2, 0.25) is 12.2 Å². The van der Waals surface area contributed by atoms with Gasteiger partial charge in [0.15, 0.2) is 12.4 Å². The van der Waals surface area contributed by atoms with E-state index in [1.165, 1.54) is 84.6 Å². The number of anilines is 3. The average molecular weight is 1100 g/mol. The number of carbonyl (C=O) groups is 3. The third kappa shape index (κ3) is 12.3. The lowest BCUT2D eigenvalue weighted by molar-refractivity contribution is -0.351. The van der Waals surface area contributed by atoms with Gasteiger partial charge in [-0.05, 0) is 83.4 Å². The number of rotatable bonds is 17. The number of ether oxygens (including phenoxy) is 6. The van der Waals surface area contributed by atoms with Crippen molar-refractivity contribution in [2.24, 2.45) is 0 Å². The van der Waals surface area contributed by atoms with Gasteiger partial charge in [0.05, 0.1) is 30.1 Å². The van der Waals surface area contributed by atoms with Crippen molar-refractivity contribution < 1.29 is 91.7 Å². The maximum absolute atomic E-state index is 14.4. The van der Waals surface area contributed by atoms with Crippen LogP contribution >= 0.6 is 11.8 Å². The predicted molar refractivity (Wildman–Crippen MR) is 273 cm³/mol. The molecule has 3 heterocycles. The van der Waals surface area contributed by atoms with Gasteiger partial charge in [-0.2, -0.15) is 0 Å². The third-order valence-electron chi connectivity index (χ3n) is 13.1. The maximum atomic E-state index is 14.4. The Hall–Kier alpha value is -7.29. The second-order valence-corrected chi connectivity index (χ2v) is 19.4. The Kier molecular flexibility index (Phi) is 17.5. The minimum Gasteiger partial charge on any atom is -0.508 e. The second-order valence-electron chi connectivity index (χ2n) is 18.2. The molecule has 13 atom stereocenters. The van der Waals surface area contributed by atoms with Crippen LogP contribution in [0.2, 0.25) is 0 Å². The van der Waals surface area contributed by atoms with Crippen LogP contribution in [0.3, 0.4) is 0 Å². The fourth-order valence-corrected chi connectivity index (χ4v) is 10.4. The summed E-state index contributed by atoms with van der Waals surface area (Å²) in [5.74, 6) is -2.26. The molecule has 23 heteroatoms. The van der Waals surface area contributed by atoms with Gasteiger partial charge >= 0.3 is 12.2 Å². The molecule has 3 amide bonds. The number of hydrogen-bond acceptors (Lipinski definition) is 17. The summed E-state index contributed by atoms with van der Waals surface area (Å²) in [6, 6.07) is 35.1. The average Bonchev–Trinajstić information content (AvgIpc) is 3.63. The van der Waals surface area contributed by atoms with Crippen molar-refractivity contribution in [3.8, 4) is 22.6 Å². The Balaban J connectivity index is 0.871. The number of nitrogens with one attached hydrogen (secondary N) is 2. The van der Waals surface area contributed by atoms with Crippen LogP contribution in [0.5, 0.6) is 11.5 Å². The molecule has 3 fully saturated rings. The number of phenolic OH excluding ortho intramolecular Hbond substituents is 1. The minimum atomic E-state index is -2.11. The zero-order chi connectivity index (χ0) is 55.2. The SMILES string of the molecule is O=C(Nc1ccccc1F)OCC1O[C@@H](O[C@@H]2C(CO)O[C@@H](Oc3cccc(-c4ccc([C@@H]5[C@@H](SC[C@H](O)c6ccc(F)cc6)C(=O)N5c5ccccc5)c(O)c4)c3)C(O)[C@H]2O)C(O)[C@@H](O)[C@@H]1OC(=O)Nc1ccccc1F. The van der Waals surface area contributed by atoms with Crippen LogP contribution in [-0.4, -0.2) is 139 Å². The van der Waals surface area contributed by atoms with E-state index in [4.69, 9.17) is 28.4 Å². The van der Waals surface area contributed by atoms with Crippen molar-refractivity contribution >= 4 is 46.9 Å². The van der Waals surface area contributed by atoms with E-state index in [1.807, 2.05) is 0 Å². The smallest absolute Gasteiger partial charge is 0.412 e. The Labute approximate surface area is 447 Å². The fraction of sp³-hybridized carbons (Fsp3) is 0.291. The van der Waals surface area contributed by atoms with Crippen molar-refractivity contribution in [2.45, 2.75) is 78.8 Å². The third-order valence-corrected chi connectivity index (χ3v) is 14.5. The summed E-state index contributed by atoms with van der Waals surface area (Å²) >= 11 is 1.21.